The fraction of sp³-hybridized carbons (Fsp3) is 0. The quantitative estimate of drug-likeness (QED) is 0.594. The molecule has 0 aromatic carbocycles. The maximum Gasteiger partial charge on any atom is 0.288 e. The van der Waals surface area contributed by atoms with E-state index in [4.69, 9.17) is 9.68 Å². The van der Waals surface area contributed by atoms with E-state index in [0.29, 0.717) is 11.3 Å². The number of pyridine rings is 1. The van der Waals surface area contributed by atoms with Gasteiger partial charge in [0.05, 0.1) is 18.2 Å². The van der Waals surface area contributed by atoms with Crippen molar-refractivity contribution in [3.05, 3.63) is 40.6 Å². The molecule has 13 heavy (non-hydrogen) atoms. The Morgan fingerprint density at radius 1 is 1.54 bits per heavy atom. The molecule has 0 aromatic heterocycles. The largest absolute Gasteiger partial charge is 0.472 e. The van der Waals surface area contributed by atoms with E-state index in [-0.39, 0.29) is 5.56 Å². The van der Waals surface area contributed by atoms with Crippen LogP contribution in [0.15, 0.2) is 33.9 Å². The molecule has 0 aromatic rings. The monoisotopic (exact) mass is 172 g/mol. The van der Waals surface area contributed by atoms with Gasteiger partial charge in [-0.15, -0.1) is 0 Å². The molecule has 2 rings (SSSR count). The summed E-state index contributed by atoms with van der Waals surface area (Å²) >= 11 is 0. The van der Waals surface area contributed by atoms with Gasteiger partial charge in [-0.1, -0.05) is 0 Å². The molecule has 0 unspecified atom stereocenters. The van der Waals surface area contributed by atoms with Gasteiger partial charge in [0, 0.05) is 5.56 Å². The number of aromatic nitrogens is 1. The van der Waals surface area contributed by atoms with Gasteiger partial charge in [0.2, 0.25) is 0 Å². The molecule has 2 aliphatic rings. The Labute approximate surface area is 73.4 Å². The lowest BCUT2D eigenvalue weighted by Gasteiger charge is -2.00. The van der Waals surface area contributed by atoms with Crippen molar-refractivity contribution >= 4 is 0 Å². The Hall–Kier alpha value is -2.15. The van der Waals surface area contributed by atoms with Crippen LogP contribution in [0.4, 0.5) is 0 Å². The molecular formula is C9H4N2O2. The lowest BCUT2D eigenvalue weighted by molar-refractivity contribution is 0.551. The molecule has 0 atom stereocenters. The average Bonchev–Trinajstić information content (AvgIpc) is 2.17. The van der Waals surface area contributed by atoms with Crippen molar-refractivity contribution in [2.75, 3.05) is 0 Å². The van der Waals surface area contributed by atoms with Crippen molar-refractivity contribution in [3.8, 4) is 17.3 Å². The third kappa shape index (κ3) is 1.16. The number of rotatable bonds is 0. The maximum absolute atomic E-state index is 11.1. The SMILES string of the molecule is N#Cc1cc2coccc-2nc1=O. The van der Waals surface area contributed by atoms with Crippen LogP contribution in [0.3, 0.4) is 0 Å². The molecule has 4 heteroatoms. The van der Waals surface area contributed by atoms with Gasteiger partial charge >= 0.3 is 0 Å². The second kappa shape index (κ2) is 2.72. The molecule has 0 bridgehead atoms. The Morgan fingerprint density at radius 2 is 2.38 bits per heavy atom. The lowest BCUT2D eigenvalue weighted by atomic mass is 10.1. The van der Waals surface area contributed by atoms with Crippen LogP contribution in [0.25, 0.3) is 11.3 Å². The smallest absolute Gasteiger partial charge is 0.288 e. The van der Waals surface area contributed by atoms with Gasteiger partial charge in [-0.3, -0.25) is 4.79 Å². The summed E-state index contributed by atoms with van der Waals surface area (Å²) in [6.45, 7) is 0. The van der Waals surface area contributed by atoms with Crippen LogP contribution in [0.2, 0.25) is 0 Å². The summed E-state index contributed by atoms with van der Waals surface area (Å²) < 4.78 is 4.88. The third-order valence-electron chi connectivity index (χ3n) is 1.67. The van der Waals surface area contributed by atoms with Crippen LogP contribution in [-0.2, 0) is 0 Å². The molecule has 0 spiro atoms. The Morgan fingerprint density at radius 3 is 3.15 bits per heavy atom. The standard InChI is InChI=1S/C9H4N2O2/c10-4-6-3-7-5-13-2-1-8(7)11-9(6)12/h1-3,5H. The summed E-state index contributed by atoms with van der Waals surface area (Å²) in [5.74, 6) is 0. The lowest BCUT2D eigenvalue weighted by Crippen LogP contribution is -2.11. The predicted molar refractivity (Wildman–Crippen MR) is 44.1 cm³/mol. The number of hydrogen-bond acceptors (Lipinski definition) is 4. The van der Waals surface area contributed by atoms with E-state index in [1.165, 1.54) is 18.6 Å². The Kier molecular flexibility index (Phi) is 1.57. The zero-order valence-electron chi connectivity index (χ0n) is 6.52. The summed E-state index contributed by atoms with van der Waals surface area (Å²) in [7, 11) is 0. The van der Waals surface area contributed by atoms with Gasteiger partial charge in [0.25, 0.3) is 5.56 Å². The van der Waals surface area contributed by atoms with Gasteiger partial charge in [-0.05, 0) is 12.1 Å². The number of nitriles is 1. The second-order valence-electron chi connectivity index (χ2n) is 2.48. The minimum Gasteiger partial charge on any atom is -0.472 e. The van der Waals surface area contributed by atoms with Crippen molar-refractivity contribution in [1.29, 1.82) is 5.26 Å². The maximum atomic E-state index is 11.1. The number of hydrogen-bond donors (Lipinski definition) is 0. The van der Waals surface area contributed by atoms with E-state index >= 15 is 0 Å². The summed E-state index contributed by atoms with van der Waals surface area (Å²) in [6, 6.07) is 4.82. The fourth-order valence-electron chi connectivity index (χ4n) is 1.05. The van der Waals surface area contributed by atoms with Crippen LogP contribution in [0.1, 0.15) is 5.56 Å². The van der Waals surface area contributed by atoms with Crippen LogP contribution >= 0.6 is 0 Å². The summed E-state index contributed by atoms with van der Waals surface area (Å²) in [5, 5.41) is 8.56. The second-order valence-corrected chi connectivity index (χ2v) is 2.48. The molecule has 2 heterocycles. The van der Waals surface area contributed by atoms with E-state index in [1.807, 2.05) is 0 Å². The first-order valence-corrected chi connectivity index (χ1v) is 3.58. The van der Waals surface area contributed by atoms with Gasteiger partial charge in [-0.25, -0.2) is 4.98 Å². The normalized spacial score (nSPS) is 9.77. The predicted octanol–water partition coefficient (Wildman–Crippen LogP) is 1.01. The molecule has 62 valence electrons. The van der Waals surface area contributed by atoms with E-state index < -0.39 is 5.56 Å². The molecule has 2 aliphatic heterocycles. The van der Waals surface area contributed by atoms with Crippen molar-refractivity contribution in [2.24, 2.45) is 0 Å². The van der Waals surface area contributed by atoms with Crippen LogP contribution in [0, 0.1) is 11.3 Å². The van der Waals surface area contributed by atoms with Crippen LogP contribution in [-0.4, -0.2) is 4.98 Å². The summed E-state index contributed by atoms with van der Waals surface area (Å²) in [4.78, 5) is 14.8. The average molecular weight is 172 g/mol. The fourth-order valence-corrected chi connectivity index (χ4v) is 1.05. The van der Waals surface area contributed by atoms with E-state index in [2.05, 4.69) is 4.98 Å². The first-order valence-electron chi connectivity index (χ1n) is 3.58. The van der Waals surface area contributed by atoms with E-state index in [1.54, 1.807) is 12.1 Å². The van der Waals surface area contributed by atoms with Crippen molar-refractivity contribution < 1.29 is 4.42 Å². The van der Waals surface area contributed by atoms with Crippen molar-refractivity contribution in [2.45, 2.75) is 0 Å². The van der Waals surface area contributed by atoms with E-state index in [9.17, 15) is 4.79 Å². The minimum absolute atomic E-state index is 0.0360. The number of fused-ring (bicyclic) bond motifs is 1. The molecule has 0 fully saturated rings. The van der Waals surface area contributed by atoms with Gasteiger partial charge in [0.1, 0.15) is 11.6 Å². The highest BCUT2D eigenvalue weighted by Gasteiger charge is 2.07. The number of nitrogens with zero attached hydrogens (tertiary/aromatic N) is 2. The minimum atomic E-state index is -0.499. The summed E-state index contributed by atoms with van der Waals surface area (Å²) in [6.07, 6.45) is 2.88. The molecule has 0 aliphatic carbocycles. The molecular weight excluding hydrogens is 168 g/mol. The van der Waals surface area contributed by atoms with Crippen LogP contribution in [0.5, 0.6) is 0 Å². The highest BCUT2D eigenvalue weighted by molar-refractivity contribution is 5.60. The molecule has 0 saturated carbocycles. The zero-order chi connectivity index (χ0) is 9.26. The Balaban J connectivity index is 2.85. The van der Waals surface area contributed by atoms with Crippen LogP contribution < -0.4 is 5.56 Å². The van der Waals surface area contributed by atoms with Crippen molar-refractivity contribution in [1.82, 2.24) is 4.98 Å². The van der Waals surface area contributed by atoms with Crippen molar-refractivity contribution in [3.63, 3.8) is 0 Å². The highest BCUT2D eigenvalue weighted by atomic mass is 16.3. The zero-order valence-corrected chi connectivity index (χ0v) is 6.52. The molecule has 0 radical (unpaired) electrons. The highest BCUT2D eigenvalue weighted by Crippen LogP contribution is 2.16. The molecule has 0 amide bonds. The third-order valence-corrected chi connectivity index (χ3v) is 1.67. The van der Waals surface area contributed by atoms with Gasteiger partial charge in [0.15, 0.2) is 0 Å². The first kappa shape index (κ1) is 7.50. The molecule has 0 N–H and O–H groups in total. The van der Waals surface area contributed by atoms with Gasteiger partial charge < -0.3 is 4.42 Å². The Bertz CT molecular complexity index is 510. The van der Waals surface area contributed by atoms with Gasteiger partial charge in [-0.2, -0.15) is 5.26 Å². The topological polar surface area (TPSA) is 66.9 Å². The summed E-state index contributed by atoms with van der Waals surface area (Å²) in [5.41, 5.74) is 0.726. The molecule has 4 nitrogen and oxygen atoms in total. The van der Waals surface area contributed by atoms with E-state index in [0.717, 1.165) is 0 Å². The molecule has 0 saturated heterocycles. The first-order chi connectivity index (χ1) is 6.31.